The topological polar surface area (TPSA) is 110 Å². The summed E-state index contributed by atoms with van der Waals surface area (Å²) in [4.78, 5) is 33.5. The number of carbonyl (C=O) groups is 2. The van der Waals surface area contributed by atoms with Crippen LogP contribution in [0.1, 0.15) is 29.6 Å². The van der Waals surface area contributed by atoms with Gasteiger partial charge in [0.25, 0.3) is 5.69 Å². The van der Waals surface area contributed by atoms with E-state index in [-0.39, 0.29) is 28.8 Å². The number of carboxylic acid groups (broad SMARTS) is 1. The molecule has 2 fully saturated rings. The first-order chi connectivity index (χ1) is 9.99. The summed E-state index contributed by atoms with van der Waals surface area (Å²) >= 11 is 0. The monoisotopic (exact) mass is 290 g/mol. The van der Waals surface area contributed by atoms with Gasteiger partial charge in [-0.2, -0.15) is 0 Å². The molecule has 1 aromatic carbocycles. The van der Waals surface area contributed by atoms with Crippen LogP contribution < -0.4 is 5.32 Å². The summed E-state index contributed by atoms with van der Waals surface area (Å²) in [6.07, 6.45) is 3.20. The number of non-ortho nitro benzene ring substituents is 1. The van der Waals surface area contributed by atoms with Crippen LogP contribution >= 0.6 is 0 Å². The average molecular weight is 290 g/mol. The Balaban J connectivity index is 1.82. The molecule has 2 aliphatic carbocycles. The standard InChI is InChI=1S/C14H14N2O5/c17-13(12-8-2-1-3-9(8)12)15-11-6-7(16(20)21)4-5-10(11)14(18)19/h4-6,8-9,12H,1-3H2,(H,15,17)(H,18,19). The van der Waals surface area contributed by atoms with Crippen LogP contribution in [0.5, 0.6) is 0 Å². The van der Waals surface area contributed by atoms with Gasteiger partial charge in [0.05, 0.1) is 16.2 Å². The first-order valence-corrected chi connectivity index (χ1v) is 6.81. The van der Waals surface area contributed by atoms with Crippen molar-refractivity contribution in [2.75, 3.05) is 5.32 Å². The first kappa shape index (κ1) is 13.5. The Morgan fingerprint density at radius 3 is 2.52 bits per heavy atom. The van der Waals surface area contributed by atoms with Crippen molar-refractivity contribution >= 4 is 23.3 Å². The molecule has 0 spiro atoms. The predicted octanol–water partition coefficient (Wildman–Crippen LogP) is 2.28. The molecule has 2 saturated carbocycles. The highest BCUT2D eigenvalue weighted by Gasteiger charge is 2.56. The van der Waals surface area contributed by atoms with Gasteiger partial charge in [-0.3, -0.25) is 14.9 Å². The first-order valence-electron chi connectivity index (χ1n) is 6.81. The van der Waals surface area contributed by atoms with E-state index >= 15 is 0 Å². The number of rotatable bonds is 4. The number of anilines is 1. The van der Waals surface area contributed by atoms with Gasteiger partial charge < -0.3 is 10.4 Å². The number of nitro benzene ring substituents is 1. The lowest BCUT2D eigenvalue weighted by molar-refractivity contribution is -0.384. The van der Waals surface area contributed by atoms with E-state index in [2.05, 4.69) is 5.32 Å². The number of nitrogens with one attached hydrogen (secondary N) is 1. The minimum absolute atomic E-state index is 0.00771. The van der Waals surface area contributed by atoms with Crippen LogP contribution in [0.4, 0.5) is 11.4 Å². The maximum atomic E-state index is 12.2. The predicted molar refractivity (Wildman–Crippen MR) is 73.0 cm³/mol. The number of nitro groups is 1. The minimum atomic E-state index is -1.23. The van der Waals surface area contributed by atoms with Crippen LogP contribution in [0.2, 0.25) is 0 Å². The Morgan fingerprint density at radius 2 is 1.95 bits per heavy atom. The van der Waals surface area contributed by atoms with Crippen LogP contribution in [0, 0.1) is 27.9 Å². The van der Waals surface area contributed by atoms with Gasteiger partial charge in [0.2, 0.25) is 5.91 Å². The Kier molecular flexibility index (Phi) is 3.12. The third-order valence-electron chi connectivity index (χ3n) is 4.41. The molecule has 2 atom stereocenters. The molecule has 0 radical (unpaired) electrons. The fourth-order valence-corrected chi connectivity index (χ4v) is 3.36. The molecule has 0 bridgehead atoms. The van der Waals surface area contributed by atoms with Crippen molar-refractivity contribution in [2.45, 2.75) is 19.3 Å². The Labute approximate surface area is 120 Å². The SMILES string of the molecule is O=C(O)c1ccc([N+](=O)[O-])cc1NC(=O)C1C2CCCC21. The minimum Gasteiger partial charge on any atom is -0.478 e. The van der Waals surface area contributed by atoms with Gasteiger partial charge >= 0.3 is 5.97 Å². The van der Waals surface area contributed by atoms with Crippen molar-refractivity contribution < 1.29 is 19.6 Å². The van der Waals surface area contributed by atoms with Gasteiger partial charge in [0.15, 0.2) is 0 Å². The third kappa shape index (κ3) is 2.35. The van der Waals surface area contributed by atoms with Gasteiger partial charge in [-0.25, -0.2) is 4.79 Å². The van der Waals surface area contributed by atoms with Crippen LogP contribution in [-0.2, 0) is 4.79 Å². The molecule has 2 aliphatic rings. The average Bonchev–Trinajstić information content (AvgIpc) is 2.92. The smallest absolute Gasteiger partial charge is 0.337 e. The lowest BCUT2D eigenvalue weighted by Gasteiger charge is -2.09. The molecule has 7 nitrogen and oxygen atoms in total. The summed E-state index contributed by atoms with van der Waals surface area (Å²) in [5.41, 5.74) is -0.391. The molecule has 0 aromatic heterocycles. The third-order valence-corrected chi connectivity index (χ3v) is 4.41. The molecule has 7 heteroatoms. The summed E-state index contributed by atoms with van der Waals surface area (Å²) in [5.74, 6) is -0.725. The zero-order chi connectivity index (χ0) is 15.1. The maximum absolute atomic E-state index is 12.2. The van der Waals surface area contributed by atoms with E-state index in [9.17, 15) is 19.7 Å². The molecule has 110 valence electrons. The van der Waals surface area contributed by atoms with Crippen molar-refractivity contribution in [3.8, 4) is 0 Å². The van der Waals surface area contributed by atoms with Crippen molar-refractivity contribution in [1.82, 2.24) is 0 Å². The molecule has 21 heavy (non-hydrogen) atoms. The summed E-state index contributed by atoms with van der Waals surface area (Å²) in [7, 11) is 0. The van der Waals surface area contributed by atoms with Crippen molar-refractivity contribution in [3.63, 3.8) is 0 Å². The highest BCUT2D eigenvalue weighted by molar-refractivity contribution is 6.02. The fourth-order valence-electron chi connectivity index (χ4n) is 3.36. The van der Waals surface area contributed by atoms with E-state index in [1.54, 1.807) is 0 Å². The zero-order valence-corrected chi connectivity index (χ0v) is 11.1. The fraction of sp³-hybridized carbons (Fsp3) is 0.429. The number of hydrogen-bond donors (Lipinski definition) is 2. The number of carboxylic acids is 1. The van der Waals surface area contributed by atoms with Crippen LogP contribution in [0.25, 0.3) is 0 Å². The second-order valence-electron chi connectivity index (χ2n) is 5.57. The van der Waals surface area contributed by atoms with Crippen LogP contribution in [0.3, 0.4) is 0 Å². The largest absolute Gasteiger partial charge is 0.478 e. The quantitative estimate of drug-likeness (QED) is 0.653. The summed E-state index contributed by atoms with van der Waals surface area (Å²) in [5, 5.41) is 22.4. The van der Waals surface area contributed by atoms with Crippen molar-refractivity contribution in [3.05, 3.63) is 33.9 Å². The molecule has 0 heterocycles. The second-order valence-corrected chi connectivity index (χ2v) is 5.57. The lowest BCUT2D eigenvalue weighted by atomic mass is 10.1. The molecule has 2 unspecified atom stereocenters. The summed E-state index contributed by atoms with van der Waals surface area (Å²) in [6, 6.07) is 3.36. The number of hydrogen-bond acceptors (Lipinski definition) is 4. The Morgan fingerprint density at radius 1 is 1.29 bits per heavy atom. The lowest BCUT2D eigenvalue weighted by Crippen LogP contribution is -2.18. The van der Waals surface area contributed by atoms with E-state index in [1.165, 1.54) is 0 Å². The molecular formula is C14H14N2O5. The van der Waals surface area contributed by atoms with Gasteiger partial charge in [-0.15, -0.1) is 0 Å². The number of amides is 1. The highest BCUT2D eigenvalue weighted by atomic mass is 16.6. The van der Waals surface area contributed by atoms with Gasteiger partial charge in [-0.1, -0.05) is 6.42 Å². The number of fused-ring (bicyclic) bond motifs is 1. The molecular weight excluding hydrogens is 276 g/mol. The normalized spacial score (nSPS) is 26.0. The van der Waals surface area contributed by atoms with Gasteiger partial charge in [0.1, 0.15) is 0 Å². The highest BCUT2D eigenvalue weighted by Crippen LogP contribution is 2.57. The summed E-state index contributed by atoms with van der Waals surface area (Å²) in [6.45, 7) is 0. The molecule has 0 aliphatic heterocycles. The van der Waals surface area contributed by atoms with Crippen LogP contribution in [-0.4, -0.2) is 21.9 Å². The number of nitrogens with zero attached hydrogens (tertiary/aromatic N) is 1. The number of benzene rings is 1. The van der Waals surface area contributed by atoms with Crippen molar-refractivity contribution in [2.24, 2.45) is 17.8 Å². The number of aromatic carboxylic acids is 1. The van der Waals surface area contributed by atoms with Gasteiger partial charge in [-0.05, 0) is 30.7 Å². The van der Waals surface area contributed by atoms with E-state index in [1.807, 2.05) is 0 Å². The Bertz CT molecular complexity index is 632. The maximum Gasteiger partial charge on any atom is 0.337 e. The van der Waals surface area contributed by atoms with Crippen LogP contribution in [0.15, 0.2) is 18.2 Å². The van der Waals surface area contributed by atoms with Crippen molar-refractivity contribution in [1.29, 1.82) is 0 Å². The van der Waals surface area contributed by atoms with E-state index in [0.29, 0.717) is 11.8 Å². The molecule has 1 amide bonds. The Hall–Kier alpha value is -2.44. The van der Waals surface area contributed by atoms with E-state index in [0.717, 1.165) is 37.5 Å². The molecule has 3 rings (SSSR count). The van der Waals surface area contributed by atoms with E-state index < -0.39 is 10.9 Å². The molecule has 0 saturated heterocycles. The van der Waals surface area contributed by atoms with E-state index in [4.69, 9.17) is 5.11 Å². The zero-order valence-electron chi connectivity index (χ0n) is 11.1. The second kappa shape index (κ2) is 4.83. The summed E-state index contributed by atoms with van der Waals surface area (Å²) < 4.78 is 0. The van der Waals surface area contributed by atoms with Gasteiger partial charge in [0, 0.05) is 18.1 Å². The molecule has 2 N–H and O–H groups in total. The molecule has 1 aromatic rings. The number of carbonyl (C=O) groups excluding carboxylic acids is 1.